The van der Waals surface area contributed by atoms with Crippen LogP contribution in [-0.4, -0.2) is 21.4 Å². The van der Waals surface area contributed by atoms with Gasteiger partial charge in [0.1, 0.15) is 11.2 Å². The zero-order valence-electron chi connectivity index (χ0n) is 17.7. The predicted molar refractivity (Wildman–Crippen MR) is 130 cm³/mol. The molecular formula is C26H20N2O4S. The zero-order valence-corrected chi connectivity index (χ0v) is 18.5. The Labute approximate surface area is 191 Å². The van der Waals surface area contributed by atoms with E-state index in [1.54, 1.807) is 60.7 Å². The minimum absolute atomic E-state index is 0.204. The molecule has 0 fully saturated rings. The van der Waals surface area contributed by atoms with Gasteiger partial charge in [-0.2, -0.15) is 0 Å². The first-order valence-electron chi connectivity index (χ1n) is 10.3. The molecule has 5 rings (SSSR count). The van der Waals surface area contributed by atoms with Crippen LogP contribution in [0.3, 0.4) is 0 Å². The smallest absolute Gasteiger partial charge is 0.264 e. The average Bonchev–Trinajstić information content (AvgIpc) is 3.22. The molecule has 0 saturated heterocycles. The van der Waals surface area contributed by atoms with Gasteiger partial charge in [0.25, 0.3) is 15.9 Å². The van der Waals surface area contributed by atoms with E-state index in [1.807, 2.05) is 36.4 Å². The van der Waals surface area contributed by atoms with E-state index < -0.39 is 10.0 Å². The molecule has 0 saturated carbocycles. The van der Waals surface area contributed by atoms with Gasteiger partial charge in [-0.05, 0) is 54.6 Å². The molecule has 5 aromatic rings. The largest absolute Gasteiger partial charge is 0.456 e. The fourth-order valence-corrected chi connectivity index (χ4v) is 4.94. The Morgan fingerprint density at radius 3 is 2.21 bits per heavy atom. The summed E-state index contributed by atoms with van der Waals surface area (Å²) in [4.78, 5) is 13.0. The molecule has 1 amide bonds. The number of para-hydroxylation sites is 1. The Balaban J connectivity index is 1.35. The highest BCUT2D eigenvalue weighted by Gasteiger charge is 2.21. The van der Waals surface area contributed by atoms with Gasteiger partial charge in [-0.3, -0.25) is 9.10 Å². The van der Waals surface area contributed by atoms with Crippen LogP contribution in [0.5, 0.6) is 0 Å². The Morgan fingerprint density at radius 2 is 1.45 bits per heavy atom. The Kier molecular flexibility index (Phi) is 5.11. The molecule has 0 radical (unpaired) electrons. The van der Waals surface area contributed by atoms with Crippen LogP contribution in [0, 0.1) is 0 Å². The second kappa shape index (κ2) is 8.11. The number of carbonyl (C=O) groups is 1. The molecule has 33 heavy (non-hydrogen) atoms. The maximum atomic E-state index is 12.8. The molecule has 164 valence electrons. The molecule has 6 nitrogen and oxygen atoms in total. The Morgan fingerprint density at radius 1 is 0.788 bits per heavy atom. The first-order chi connectivity index (χ1) is 15.9. The van der Waals surface area contributed by atoms with Crippen LogP contribution in [0.1, 0.15) is 10.4 Å². The lowest BCUT2D eigenvalue weighted by atomic mass is 10.1. The van der Waals surface area contributed by atoms with Crippen molar-refractivity contribution < 1.29 is 17.6 Å². The van der Waals surface area contributed by atoms with E-state index in [0.717, 1.165) is 16.4 Å². The van der Waals surface area contributed by atoms with Gasteiger partial charge in [-0.25, -0.2) is 8.42 Å². The van der Waals surface area contributed by atoms with Gasteiger partial charge in [0, 0.05) is 35.1 Å². The fourth-order valence-electron chi connectivity index (χ4n) is 3.72. The lowest BCUT2D eigenvalue weighted by Gasteiger charge is -2.19. The summed E-state index contributed by atoms with van der Waals surface area (Å²) in [7, 11) is -2.20. The van der Waals surface area contributed by atoms with E-state index >= 15 is 0 Å². The summed E-state index contributed by atoms with van der Waals surface area (Å²) in [5, 5.41) is 4.87. The molecule has 0 bridgehead atoms. The minimum atomic E-state index is -3.68. The number of carbonyl (C=O) groups excluding carboxylic acids is 1. The molecule has 4 aromatic carbocycles. The summed E-state index contributed by atoms with van der Waals surface area (Å²) < 4.78 is 32.7. The van der Waals surface area contributed by atoms with Gasteiger partial charge in [0.05, 0.1) is 10.6 Å². The van der Waals surface area contributed by atoms with Crippen LogP contribution in [0.15, 0.2) is 106 Å². The highest BCUT2D eigenvalue weighted by atomic mass is 32.2. The van der Waals surface area contributed by atoms with Crippen LogP contribution in [0.2, 0.25) is 0 Å². The highest BCUT2D eigenvalue weighted by molar-refractivity contribution is 7.92. The highest BCUT2D eigenvalue weighted by Crippen LogP contribution is 2.30. The van der Waals surface area contributed by atoms with Crippen LogP contribution >= 0.6 is 0 Å². The monoisotopic (exact) mass is 456 g/mol. The summed E-state index contributed by atoms with van der Waals surface area (Å²) in [6, 6.07) is 27.9. The standard InChI is InChI=1S/C26H20N2O4S/c1-28(33(30,31)21-7-3-2-4-8-21)20-14-11-18(12-15-20)26(29)27-19-13-16-23-22-9-5-6-10-24(22)32-25(23)17-19/h2-17H,1H3,(H,27,29). The number of fused-ring (bicyclic) bond motifs is 3. The second-order valence-corrected chi connectivity index (χ2v) is 9.57. The lowest BCUT2D eigenvalue weighted by Crippen LogP contribution is -2.26. The summed E-state index contributed by atoms with van der Waals surface area (Å²) in [6.07, 6.45) is 0. The maximum absolute atomic E-state index is 12.8. The zero-order chi connectivity index (χ0) is 23.0. The predicted octanol–water partition coefficient (Wildman–Crippen LogP) is 5.66. The number of furan rings is 1. The van der Waals surface area contributed by atoms with Crippen molar-refractivity contribution in [1.82, 2.24) is 0 Å². The van der Waals surface area contributed by atoms with Crippen molar-refractivity contribution in [3.63, 3.8) is 0 Å². The molecule has 0 atom stereocenters. The summed E-state index contributed by atoms with van der Waals surface area (Å²) in [5.41, 5.74) is 2.96. The minimum Gasteiger partial charge on any atom is -0.456 e. The van der Waals surface area contributed by atoms with E-state index in [4.69, 9.17) is 4.42 Å². The van der Waals surface area contributed by atoms with Gasteiger partial charge in [-0.1, -0.05) is 36.4 Å². The van der Waals surface area contributed by atoms with Crippen LogP contribution in [-0.2, 0) is 10.0 Å². The normalized spacial score (nSPS) is 11.5. The summed E-state index contributed by atoms with van der Waals surface area (Å²) >= 11 is 0. The summed E-state index contributed by atoms with van der Waals surface area (Å²) in [5.74, 6) is -0.300. The average molecular weight is 457 g/mol. The summed E-state index contributed by atoms with van der Waals surface area (Å²) in [6.45, 7) is 0. The van der Waals surface area contributed by atoms with Crippen LogP contribution in [0.25, 0.3) is 21.9 Å². The first-order valence-corrected chi connectivity index (χ1v) is 11.7. The molecule has 0 aliphatic carbocycles. The fraction of sp³-hybridized carbons (Fsp3) is 0.0385. The van der Waals surface area contributed by atoms with E-state index in [0.29, 0.717) is 22.5 Å². The molecule has 7 heteroatoms. The van der Waals surface area contributed by atoms with Crippen molar-refractivity contribution in [2.75, 3.05) is 16.7 Å². The SMILES string of the molecule is CN(c1ccc(C(=O)Nc2ccc3c(c2)oc2ccccc23)cc1)S(=O)(=O)c1ccccc1. The molecule has 0 aliphatic heterocycles. The maximum Gasteiger partial charge on any atom is 0.264 e. The van der Waals surface area contributed by atoms with E-state index in [9.17, 15) is 13.2 Å². The molecule has 1 heterocycles. The van der Waals surface area contributed by atoms with E-state index in [2.05, 4.69) is 5.32 Å². The molecule has 0 aliphatic rings. The van der Waals surface area contributed by atoms with Crippen molar-refractivity contribution in [2.24, 2.45) is 0 Å². The number of rotatable bonds is 5. The van der Waals surface area contributed by atoms with E-state index in [1.165, 1.54) is 11.4 Å². The third kappa shape index (κ3) is 3.83. The number of benzene rings is 4. The molecule has 0 unspecified atom stereocenters. The molecule has 1 aromatic heterocycles. The third-order valence-electron chi connectivity index (χ3n) is 5.53. The second-order valence-electron chi connectivity index (χ2n) is 7.60. The van der Waals surface area contributed by atoms with Gasteiger partial charge in [0.15, 0.2) is 0 Å². The van der Waals surface area contributed by atoms with Crippen molar-refractivity contribution in [3.8, 4) is 0 Å². The molecular weight excluding hydrogens is 436 g/mol. The quantitative estimate of drug-likeness (QED) is 0.370. The number of nitrogens with one attached hydrogen (secondary N) is 1. The van der Waals surface area contributed by atoms with Crippen molar-refractivity contribution in [1.29, 1.82) is 0 Å². The number of nitrogens with zero attached hydrogens (tertiary/aromatic N) is 1. The number of hydrogen-bond donors (Lipinski definition) is 1. The van der Waals surface area contributed by atoms with Gasteiger partial charge in [-0.15, -0.1) is 0 Å². The molecule has 1 N–H and O–H groups in total. The van der Waals surface area contributed by atoms with Gasteiger partial charge in [0.2, 0.25) is 0 Å². The van der Waals surface area contributed by atoms with Crippen LogP contribution in [0.4, 0.5) is 11.4 Å². The van der Waals surface area contributed by atoms with Crippen molar-refractivity contribution >= 4 is 49.2 Å². The van der Waals surface area contributed by atoms with Crippen molar-refractivity contribution in [2.45, 2.75) is 4.90 Å². The Bertz CT molecular complexity index is 1570. The van der Waals surface area contributed by atoms with Crippen molar-refractivity contribution in [3.05, 3.63) is 103 Å². The number of hydrogen-bond acceptors (Lipinski definition) is 4. The van der Waals surface area contributed by atoms with Crippen LogP contribution < -0.4 is 9.62 Å². The number of sulfonamides is 1. The van der Waals surface area contributed by atoms with Gasteiger partial charge >= 0.3 is 0 Å². The van der Waals surface area contributed by atoms with Gasteiger partial charge < -0.3 is 9.73 Å². The number of amides is 1. The Hall–Kier alpha value is -4.10. The lowest BCUT2D eigenvalue weighted by molar-refractivity contribution is 0.102. The third-order valence-corrected chi connectivity index (χ3v) is 7.33. The topological polar surface area (TPSA) is 79.6 Å². The number of anilines is 2. The molecule has 0 spiro atoms. The first kappa shape index (κ1) is 20.8. The van der Waals surface area contributed by atoms with E-state index in [-0.39, 0.29) is 10.8 Å².